The van der Waals surface area contributed by atoms with E-state index in [-0.39, 0.29) is 0 Å². The molecule has 0 aromatic heterocycles. The Hall–Kier alpha value is -2.02. The zero-order chi connectivity index (χ0) is 14.2. The monoisotopic (exact) mass is 269 g/mol. The van der Waals surface area contributed by atoms with Gasteiger partial charge in [-0.05, 0) is 11.5 Å². The first-order chi connectivity index (χ1) is 9.86. The van der Waals surface area contributed by atoms with Gasteiger partial charge in [-0.25, -0.2) is 0 Å². The highest BCUT2D eigenvalue weighted by molar-refractivity contribution is 5.90. The average molecular weight is 269 g/mol. The smallest absolute Gasteiger partial charge is 0.135 e. The van der Waals surface area contributed by atoms with E-state index in [4.69, 9.17) is 15.2 Å². The second-order valence-electron chi connectivity index (χ2n) is 4.36. The summed E-state index contributed by atoms with van der Waals surface area (Å²) in [5.41, 5.74) is 6.39. The van der Waals surface area contributed by atoms with E-state index in [0.717, 1.165) is 28.5 Å². The highest BCUT2D eigenvalue weighted by Gasteiger charge is 2.06. The molecule has 3 nitrogen and oxygen atoms in total. The molecule has 0 unspecified atom stereocenters. The summed E-state index contributed by atoms with van der Waals surface area (Å²) in [6.07, 6.45) is 0.854. The fourth-order valence-electron chi connectivity index (χ4n) is 2.03. The van der Waals surface area contributed by atoms with Gasteiger partial charge < -0.3 is 15.2 Å². The van der Waals surface area contributed by atoms with Gasteiger partial charge in [-0.1, -0.05) is 42.2 Å². The summed E-state index contributed by atoms with van der Waals surface area (Å²) in [7, 11) is 1.69. The first kappa shape index (κ1) is 14.4. The quantitative estimate of drug-likeness (QED) is 0.670. The lowest BCUT2D eigenvalue weighted by Gasteiger charge is -2.10. The Balaban J connectivity index is 2.32. The highest BCUT2D eigenvalue weighted by atomic mass is 16.5. The lowest BCUT2D eigenvalue weighted by atomic mass is 10.0. The number of methoxy groups -OCH3 is 1. The molecule has 0 atom stereocenters. The van der Waals surface area contributed by atoms with Crippen LogP contribution in [0.4, 0.5) is 0 Å². The van der Waals surface area contributed by atoms with Gasteiger partial charge >= 0.3 is 0 Å². The topological polar surface area (TPSA) is 44.5 Å². The van der Waals surface area contributed by atoms with Gasteiger partial charge in [0.2, 0.25) is 0 Å². The van der Waals surface area contributed by atoms with Crippen molar-refractivity contribution < 1.29 is 9.47 Å². The molecule has 2 aromatic carbocycles. The molecule has 0 aliphatic carbocycles. The molecule has 0 fully saturated rings. The van der Waals surface area contributed by atoms with Crippen molar-refractivity contribution in [3.63, 3.8) is 0 Å². The first-order valence-corrected chi connectivity index (χ1v) is 6.69. The number of rotatable bonds is 5. The van der Waals surface area contributed by atoms with Crippen molar-refractivity contribution in [1.82, 2.24) is 0 Å². The van der Waals surface area contributed by atoms with Crippen LogP contribution in [0.1, 0.15) is 12.0 Å². The zero-order valence-corrected chi connectivity index (χ0v) is 11.7. The molecule has 3 heteroatoms. The maximum Gasteiger partial charge on any atom is 0.135 e. The van der Waals surface area contributed by atoms with Gasteiger partial charge in [0.15, 0.2) is 0 Å². The Morgan fingerprint density at radius 2 is 1.95 bits per heavy atom. The standard InChI is InChI=1S/C17H19NO2/c1-19-12-5-13-20-17-10-9-14-6-2-3-7-15(14)16(17)8-4-11-18/h2-3,6-7,9-10H,5,11-13,18H2,1H3. The fourth-order valence-corrected chi connectivity index (χ4v) is 2.03. The van der Waals surface area contributed by atoms with Crippen LogP contribution in [0.25, 0.3) is 10.8 Å². The second kappa shape index (κ2) is 7.54. The normalized spacial score (nSPS) is 10.1. The SMILES string of the molecule is COCCCOc1ccc2ccccc2c1C#CCN. The molecule has 2 rings (SSSR count). The molecular weight excluding hydrogens is 250 g/mol. The van der Waals surface area contributed by atoms with E-state index in [1.165, 1.54) is 0 Å². The minimum absolute atomic E-state index is 0.340. The van der Waals surface area contributed by atoms with E-state index in [1.54, 1.807) is 7.11 Å². The largest absolute Gasteiger partial charge is 0.492 e. The van der Waals surface area contributed by atoms with E-state index >= 15 is 0 Å². The molecule has 0 aliphatic heterocycles. The maximum atomic E-state index is 5.82. The lowest BCUT2D eigenvalue weighted by Crippen LogP contribution is -2.03. The van der Waals surface area contributed by atoms with Crippen molar-refractivity contribution in [2.75, 3.05) is 26.9 Å². The molecule has 0 bridgehead atoms. The van der Waals surface area contributed by atoms with Crippen molar-refractivity contribution >= 4 is 10.8 Å². The van der Waals surface area contributed by atoms with E-state index in [0.29, 0.717) is 19.8 Å². The Bertz CT molecular complexity index is 626. The van der Waals surface area contributed by atoms with Crippen LogP contribution >= 0.6 is 0 Å². The van der Waals surface area contributed by atoms with Crippen LogP contribution in [0.5, 0.6) is 5.75 Å². The molecule has 0 radical (unpaired) electrons. The lowest BCUT2D eigenvalue weighted by molar-refractivity contribution is 0.172. The molecular formula is C17H19NO2. The average Bonchev–Trinajstić information content (AvgIpc) is 2.50. The molecule has 0 heterocycles. The third-order valence-electron chi connectivity index (χ3n) is 2.96. The third-order valence-corrected chi connectivity index (χ3v) is 2.96. The molecule has 0 amide bonds. The molecule has 20 heavy (non-hydrogen) atoms. The Morgan fingerprint density at radius 3 is 2.75 bits per heavy atom. The van der Waals surface area contributed by atoms with Crippen LogP contribution < -0.4 is 10.5 Å². The fraction of sp³-hybridized carbons (Fsp3) is 0.294. The van der Waals surface area contributed by atoms with Crippen LogP contribution in [0, 0.1) is 11.8 Å². The summed E-state index contributed by atoms with van der Waals surface area (Å²) in [6.45, 7) is 1.65. The van der Waals surface area contributed by atoms with Gasteiger partial charge in [-0.15, -0.1) is 0 Å². The Labute approximate surface area is 119 Å². The van der Waals surface area contributed by atoms with Crippen LogP contribution in [0.3, 0.4) is 0 Å². The van der Waals surface area contributed by atoms with Crippen LogP contribution in [-0.2, 0) is 4.74 Å². The number of hydrogen-bond acceptors (Lipinski definition) is 3. The summed E-state index contributed by atoms with van der Waals surface area (Å²) in [4.78, 5) is 0. The van der Waals surface area contributed by atoms with Gasteiger partial charge in [0, 0.05) is 25.5 Å². The van der Waals surface area contributed by atoms with Gasteiger partial charge in [-0.2, -0.15) is 0 Å². The van der Waals surface area contributed by atoms with Crippen molar-refractivity contribution in [3.05, 3.63) is 42.0 Å². The van der Waals surface area contributed by atoms with E-state index in [2.05, 4.69) is 30.0 Å². The molecule has 104 valence electrons. The minimum Gasteiger partial charge on any atom is -0.492 e. The van der Waals surface area contributed by atoms with Gasteiger partial charge in [0.25, 0.3) is 0 Å². The highest BCUT2D eigenvalue weighted by Crippen LogP contribution is 2.27. The number of fused-ring (bicyclic) bond motifs is 1. The van der Waals surface area contributed by atoms with Gasteiger partial charge in [0.1, 0.15) is 5.75 Å². The summed E-state index contributed by atoms with van der Waals surface area (Å²) in [5, 5.41) is 2.25. The van der Waals surface area contributed by atoms with E-state index < -0.39 is 0 Å². The molecule has 0 saturated heterocycles. The first-order valence-electron chi connectivity index (χ1n) is 6.69. The third kappa shape index (κ3) is 3.51. The van der Waals surface area contributed by atoms with Crippen molar-refractivity contribution in [2.45, 2.75) is 6.42 Å². The second-order valence-corrected chi connectivity index (χ2v) is 4.36. The number of ether oxygens (including phenoxy) is 2. The molecule has 2 aromatic rings. The Morgan fingerprint density at radius 1 is 1.10 bits per heavy atom. The van der Waals surface area contributed by atoms with Crippen LogP contribution in [0.15, 0.2) is 36.4 Å². The van der Waals surface area contributed by atoms with E-state index in [1.807, 2.05) is 18.2 Å². The summed E-state index contributed by atoms with van der Waals surface area (Å²) in [5.74, 6) is 6.84. The Kier molecular flexibility index (Phi) is 5.43. The molecule has 2 N–H and O–H groups in total. The number of hydrogen-bond donors (Lipinski definition) is 1. The molecule has 0 aliphatic rings. The summed E-state index contributed by atoms with van der Waals surface area (Å²) >= 11 is 0. The minimum atomic E-state index is 0.340. The molecule has 0 spiro atoms. The van der Waals surface area contributed by atoms with Crippen molar-refractivity contribution in [3.8, 4) is 17.6 Å². The van der Waals surface area contributed by atoms with Crippen molar-refractivity contribution in [1.29, 1.82) is 0 Å². The van der Waals surface area contributed by atoms with Crippen LogP contribution in [0.2, 0.25) is 0 Å². The molecule has 0 saturated carbocycles. The predicted octanol–water partition coefficient (Wildman–Crippen LogP) is 2.57. The van der Waals surface area contributed by atoms with Crippen molar-refractivity contribution in [2.24, 2.45) is 5.73 Å². The van der Waals surface area contributed by atoms with E-state index in [9.17, 15) is 0 Å². The maximum absolute atomic E-state index is 5.82. The number of benzene rings is 2. The zero-order valence-electron chi connectivity index (χ0n) is 11.7. The predicted molar refractivity (Wildman–Crippen MR) is 81.9 cm³/mol. The number of nitrogens with two attached hydrogens (primary N) is 1. The van der Waals surface area contributed by atoms with Gasteiger partial charge in [0.05, 0.1) is 18.7 Å². The van der Waals surface area contributed by atoms with Gasteiger partial charge in [-0.3, -0.25) is 0 Å². The van der Waals surface area contributed by atoms with Crippen LogP contribution in [-0.4, -0.2) is 26.9 Å². The summed E-state index contributed by atoms with van der Waals surface area (Å²) < 4.78 is 10.8. The summed E-state index contributed by atoms with van der Waals surface area (Å²) in [6, 6.07) is 12.2.